The van der Waals surface area contributed by atoms with Gasteiger partial charge in [-0.2, -0.15) is 0 Å². The Bertz CT molecular complexity index is 1590. The molecule has 0 bridgehead atoms. The standard InChI is InChI=1S/C35H45Cl2N3O6S/c1-24-20-40(25(2)23-41)35(42)30-19-28(38-47(43,44)29-11-6-5-7-12-29)14-16-33(30)46-26(3)10-8-9-17-45-34(24)22-39(4)21-27-13-15-31(36)32(37)18-27/h5-7,11-16,18-19,24-26,34,38,41H,8-10,17,20-23H2,1-4H3/t24-,25+,26+,34+/m0/s1. The zero-order valence-corrected chi connectivity index (χ0v) is 29.7. The molecule has 4 atom stereocenters. The molecule has 256 valence electrons. The van der Waals surface area contributed by atoms with Gasteiger partial charge in [-0.15, -0.1) is 0 Å². The Morgan fingerprint density at radius 1 is 1.04 bits per heavy atom. The predicted octanol–water partition coefficient (Wildman–Crippen LogP) is 6.72. The van der Waals surface area contributed by atoms with Gasteiger partial charge in [-0.3, -0.25) is 14.4 Å². The number of benzene rings is 3. The molecule has 4 rings (SSSR count). The molecule has 0 spiro atoms. The first kappa shape index (κ1) is 37.0. The number of fused-ring (bicyclic) bond motifs is 1. The van der Waals surface area contributed by atoms with Crippen molar-refractivity contribution in [1.29, 1.82) is 0 Å². The number of aliphatic hydroxyl groups is 1. The van der Waals surface area contributed by atoms with Gasteiger partial charge < -0.3 is 19.5 Å². The number of nitrogens with one attached hydrogen (secondary N) is 1. The Hall–Kier alpha value is -2.86. The minimum atomic E-state index is -3.90. The smallest absolute Gasteiger partial charge is 0.261 e. The van der Waals surface area contributed by atoms with Crippen molar-refractivity contribution in [2.75, 3.05) is 38.1 Å². The number of hydrogen-bond donors (Lipinski definition) is 2. The maximum Gasteiger partial charge on any atom is 0.261 e. The van der Waals surface area contributed by atoms with Crippen LogP contribution >= 0.6 is 23.2 Å². The van der Waals surface area contributed by atoms with E-state index in [1.54, 1.807) is 48.2 Å². The second kappa shape index (κ2) is 17.0. The fraction of sp³-hybridized carbons (Fsp3) is 0.457. The molecule has 0 saturated heterocycles. The lowest BCUT2D eigenvalue weighted by Crippen LogP contribution is -2.47. The Morgan fingerprint density at radius 2 is 1.79 bits per heavy atom. The first-order chi connectivity index (χ1) is 22.4. The van der Waals surface area contributed by atoms with Crippen molar-refractivity contribution in [3.05, 3.63) is 87.9 Å². The molecule has 1 heterocycles. The van der Waals surface area contributed by atoms with E-state index in [0.29, 0.717) is 42.0 Å². The second-order valence-corrected chi connectivity index (χ2v) is 14.9. The summed E-state index contributed by atoms with van der Waals surface area (Å²) in [6.45, 7) is 7.59. The van der Waals surface area contributed by atoms with Crippen molar-refractivity contribution < 1.29 is 27.8 Å². The molecule has 1 amide bonds. The van der Waals surface area contributed by atoms with Crippen molar-refractivity contribution in [3.8, 4) is 5.75 Å². The van der Waals surface area contributed by atoms with Crippen molar-refractivity contribution in [1.82, 2.24) is 9.80 Å². The van der Waals surface area contributed by atoms with E-state index in [0.717, 1.165) is 24.8 Å². The van der Waals surface area contributed by atoms with E-state index in [9.17, 15) is 18.3 Å². The molecular formula is C35H45Cl2N3O6S. The van der Waals surface area contributed by atoms with Gasteiger partial charge in [0.05, 0.1) is 45.4 Å². The number of nitrogens with zero attached hydrogens (tertiary/aromatic N) is 2. The number of aliphatic hydroxyl groups excluding tert-OH is 1. The Balaban J connectivity index is 1.63. The largest absolute Gasteiger partial charge is 0.490 e. The average molecular weight is 707 g/mol. The highest BCUT2D eigenvalue weighted by molar-refractivity contribution is 7.92. The van der Waals surface area contributed by atoms with Crippen LogP contribution in [0.2, 0.25) is 10.0 Å². The fourth-order valence-electron chi connectivity index (χ4n) is 5.58. The van der Waals surface area contributed by atoms with Crippen molar-refractivity contribution in [3.63, 3.8) is 0 Å². The third kappa shape index (κ3) is 10.3. The lowest BCUT2D eigenvalue weighted by molar-refractivity contribution is -0.0177. The zero-order valence-electron chi connectivity index (χ0n) is 27.4. The molecule has 0 saturated carbocycles. The molecule has 47 heavy (non-hydrogen) atoms. The van der Waals surface area contributed by atoms with E-state index < -0.39 is 16.1 Å². The van der Waals surface area contributed by atoms with Gasteiger partial charge >= 0.3 is 0 Å². The number of halogens is 2. The molecule has 12 heteroatoms. The quantitative estimate of drug-likeness (QED) is 0.254. The number of carbonyl (C=O) groups is 1. The summed E-state index contributed by atoms with van der Waals surface area (Å²) in [6.07, 6.45) is 2.04. The number of ether oxygens (including phenoxy) is 2. The molecule has 2 N–H and O–H groups in total. The number of sulfonamides is 1. The summed E-state index contributed by atoms with van der Waals surface area (Å²) < 4.78 is 41.5. The SMILES string of the molecule is C[C@@H]1CCCCO[C@H](CN(C)Cc2ccc(Cl)c(Cl)c2)[C@@H](C)CN([C@H](C)CO)C(=O)c2cc(NS(=O)(=O)c3ccccc3)ccc2O1. The Kier molecular flexibility index (Phi) is 13.4. The van der Waals surface area contributed by atoms with E-state index in [1.165, 1.54) is 18.2 Å². The summed E-state index contributed by atoms with van der Waals surface area (Å²) in [4.78, 5) is 18.2. The van der Waals surface area contributed by atoms with Gasteiger partial charge in [0.2, 0.25) is 0 Å². The lowest BCUT2D eigenvalue weighted by Gasteiger charge is -2.36. The molecule has 3 aromatic rings. The van der Waals surface area contributed by atoms with Gasteiger partial charge in [-0.05, 0) is 88.2 Å². The van der Waals surface area contributed by atoms with Crippen LogP contribution < -0.4 is 9.46 Å². The van der Waals surface area contributed by atoms with E-state index in [4.69, 9.17) is 32.7 Å². The monoisotopic (exact) mass is 705 g/mol. The molecule has 3 aromatic carbocycles. The molecule has 0 aromatic heterocycles. The number of carbonyl (C=O) groups excluding carboxylic acids is 1. The second-order valence-electron chi connectivity index (χ2n) is 12.4. The van der Waals surface area contributed by atoms with E-state index in [-0.39, 0.29) is 46.8 Å². The molecular weight excluding hydrogens is 661 g/mol. The molecule has 9 nitrogen and oxygen atoms in total. The molecule has 0 unspecified atom stereocenters. The van der Waals surface area contributed by atoms with Crippen molar-refractivity contribution in [2.45, 2.75) is 69.7 Å². The molecule has 0 radical (unpaired) electrons. The third-order valence-electron chi connectivity index (χ3n) is 8.29. The highest BCUT2D eigenvalue weighted by Gasteiger charge is 2.30. The summed E-state index contributed by atoms with van der Waals surface area (Å²) in [5.41, 5.74) is 1.46. The maximum absolute atomic E-state index is 14.4. The maximum atomic E-state index is 14.4. The van der Waals surface area contributed by atoms with Crippen molar-refractivity contribution >= 4 is 44.8 Å². The van der Waals surface area contributed by atoms with Gasteiger partial charge in [0, 0.05) is 37.8 Å². The van der Waals surface area contributed by atoms with E-state index in [1.807, 2.05) is 33.0 Å². The van der Waals surface area contributed by atoms with Crippen LogP contribution in [0.5, 0.6) is 5.75 Å². The summed E-state index contributed by atoms with van der Waals surface area (Å²) in [7, 11) is -1.89. The van der Waals surface area contributed by atoms with Gasteiger partial charge in [-0.1, -0.05) is 54.4 Å². The first-order valence-electron chi connectivity index (χ1n) is 15.9. The highest BCUT2D eigenvalue weighted by atomic mass is 35.5. The first-order valence-corrected chi connectivity index (χ1v) is 18.2. The van der Waals surface area contributed by atoms with Crippen LogP contribution in [-0.2, 0) is 21.3 Å². The topological polar surface area (TPSA) is 108 Å². The van der Waals surface area contributed by atoms with Crippen LogP contribution in [0.1, 0.15) is 56.0 Å². The van der Waals surface area contributed by atoms with Crippen LogP contribution in [0.3, 0.4) is 0 Å². The zero-order chi connectivity index (χ0) is 34.1. The van der Waals surface area contributed by atoms with Gasteiger partial charge in [0.1, 0.15) is 5.75 Å². The number of rotatable bonds is 9. The van der Waals surface area contributed by atoms with Crippen LogP contribution in [0.4, 0.5) is 5.69 Å². The van der Waals surface area contributed by atoms with Crippen molar-refractivity contribution in [2.24, 2.45) is 5.92 Å². The Morgan fingerprint density at radius 3 is 2.49 bits per heavy atom. The number of amides is 1. The number of likely N-dealkylation sites (N-methyl/N-ethyl adjacent to an activating group) is 1. The third-order valence-corrected chi connectivity index (χ3v) is 10.4. The van der Waals surface area contributed by atoms with E-state index in [2.05, 4.69) is 9.62 Å². The highest BCUT2D eigenvalue weighted by Crippen LogP contribution is 2.30. The fourth-order valence-corrected chi connectivity index (χ4v) is 6.98. The summed E-state index contributed by atoms with van der Waals surface area (Å²) >= 11 is 12.4. The van der Waals surface area contributed by atoms with Crippen LogP contribution in [0.15, 0.2) is 71.6 Å². The average Bonchev–Trinajstić information content (AvgIpc) is 3.04. The minimum absolute atomic E-state index is 0.107. The lowest BCUT2D eigenvalue weighted by atomic mass is 10.0. The molecule has 1 aliphatic rings. The molecule has 1 aliphatic heterocycles. The number of hydrogen-bond acceptors (Lipinski definition) is 7. The summed E-state index contributed by atoms with van der Waals surface area (Å²) in [6, 6.07) is 17.8. The summed E-state index contributed by atoms with van der Waals surface area (Å²) in [5, 5.41) is 11.2. The predicted molar refractivity (Wildman–Crippen MR) is 187 cm³/mol. The van der Waals surface area contributed by atoms with E-state index >= 15 is 0 Å². The van der Waals surface area contributed by atoms with Crippen LogP contribution in [0.25, 0.3) is 0 Å². The van der Waals surface area contributed by atoms with Gasteiger partial charge in [-0.25, -0.2) is 8.42 Å². The molecule has 0 fully saturated rings. The minimum Gasteiger partial charge on any atom is -0.490 e. The van der Waals surface area contributed by atoms with Gasteiger partial charge in [0.15, 0.2) is 0 Å². The van der Waals surface area contributed by atoms with Crippen LogP contribution in [-0.4, -0.2) is 80.8 Å². The van der Waals surface area contributed by atoms with Crippen LogP contribution in [0, 0.1) is 5.92 Å². The Labute approximate surface area is 288 Å². The number of anilines is 1. The van der Waals surface area contributed by atoms with Gasteiger partial charge in [0.25, 0.3) is 15.9 Å². The molecule has 0 aliphatic carbocycles. The normalized spacial score (nSPS) is 20.6. The summed E-state index contributed by atoms with van der Waals surface area (Å²) in [5.74, 6) is -0.129.